The molecular formula is C23H18F3N2O+. The van der Waals surface area contributed by atoms with Gasteiger partial charge in [0.15, 0.2) is 24.7 Å². The van der Waals surface area contributed by atoms with Crippen LogP contribution in [0.2, 0.25) is 0 Å². The number of hydrogen-bond donors (Lipinski definition) is 0. The number of pyridine rings is 1. The third kappa shape index (κ3) is 4.21. The Labute approximate surface area is 165 Å². The lowest BCUT2D eigenvalue weighted by Gasteiger charge is -2.09. The van der Waals surface area contributed by atoms with E-state index in [9.17, 15) is 18.0 Å². The molecule has 0 fully saturated rings. The fraction of sp³-hybridized carbons (Fsp3) is 0.130. The number of Topliss-reactive ketones (excluding diaryl/α,β-unsaturated/α-hetero) is 1. The van der Waals surface area contributed by atoms with Crippen molar-refractivity contribution in [3.05, 3.63) is 102 Å². The Morgan fingerprint density at radius 1 is 0.966 bits per heavy atom. The monoisotopic (exact) mass is 395 g/mol. The smallest absolute Gasteiger partial charge is 0.339 e. The predicted octanol–water partition coefficient (Wildman–Crippen LogP) is 4.88. The summed E-state index contributed by atoms with van der Waals surface area (Å²) in [5.41, 5.74) is 1.27. The number of aromatic nitrogens is 2. The Morgan fingerprint density at radius 3 is 2.52 bits per heavy atom. The van der Waals surface area contributed by atoms with Gasteiger partial charge in [0.1, 0.15) is 0 Å². The molecule has 6 heteroatoms. The molecule has 0 aliphatic heterocycles. The highest BCUT2D eigenvalue weighted by Gasteiger charge is 2.30. The van der Waals surface area contributed by atoms with Gasteiger partial charge in [0.25, 0.3) is 0 Å². The molecule has 2 heterocycles. The molecule has 0 amide bonds. The van der Waals surface area contributed by atoms with E-state index in [0.717, 1.165) is 29.6 Å². The SMILES string of the molecule is O=C(Cn1ccc2c[n+](Cc3ccccc3)ccc21)c1cccc(C(F)(F)F)c1. The minimum absolute atomic E-state index is 0.0203. The van der Waals surface area contributed by atoms with Crippen LogP contribution in [0, 0.1) is 0 Å². The molecule has 4 aromatic rings. The summed E-state index contributed by atoms with van der Waals surface area (Å²) in [6, 6.07) is 18.4. The second kappa shape index (κ2) is 7.54. The molecule has 0 atom stereocenters. The fourth-order valence-corrected chi connectivity index (χ4v) is 3.34. The molecule has 0 saturated carbocycles. The average Bonchev–Trinajstić information content (AvgIpc) is 3.10. The Morgan fingerprint density at radius 2 is 1.76 bits per heavy atom. The molecule has 0 aliphatic rings. The molecule has 0 bridgehead atoms. The Hall–Kier alpha value is -3.41. The van der Waals surface area contributed by atoms with Gasteiger partial charge in [-0.05, 0) is 18.2 Å². The molecule has 0 aliphatic carbocycles. The van der Waals surface area contributed by atoms with E-state index in [1.165, 1.54) is 17.7 Å². The highest BCUT2D eigenvalue weighted by Crippen LogP contribution is 2.29. The summed E-state index contributed by atoms with van der Waals surface area (Å²) in [6.45, 7) is 0.707. The Kier molecular flexibility index (Phi) is 4.92. The van der Waals surface area contributed by atoms with Crippen molar-refractivity contribution in [3.63, 3.8) is 0 Å². The molecule has 146 valence electrons. The molecule has 0 unspecified atom stereocenters. The van der Waals surface area contributed by atoms with Crippen LogP contribution in [-0.2, 0) is 19.3 Å². The van der Waals surface area contributed by atoms with E-state index < -0.39 is 11.7 Å². The third-order valence-corrected chi connectivity index (χ3v) is 4.80. The van der Waals surface area contributed by atoms with Crippen LogP contribution in [0.1, 0.15) is 21.5 Å². The normalized spacial score (nSPS) is 11.7. The van der Waals surface area contributed by atoms with Gasteiger partial charge in [-0.1, -0.05) is 42.5 Å². The second-order valence-corrected chi connectivity index (χ2v) is 6.89. The summed E-state index contributed by atoms with van der Waals surface area (Å²) in [6.07, 6.45) is 1.24. The van der Waals surface area contributed by atoms with E-state index in [1.54, 1.807) is 10.8 Å². The first kappa shape index (κ1) is 18.9. The van der Waals surface area contributed by atoms with Gasteiger partial charge in [0.05, 0.1) is 23.0 Å². The van der Waals surface area contributed by atoms with E-state index in [0.29, 0.717) is 0 Å². The molecule has 0 N–H and O–H groups in total. The zero-order valence-electron chi connectivity index (χ0n) is 15.4. The van der Waals surface area contributed by atoms with Crippen LogP contribution in [0.5, 0.6) is 0 Å². The van der Waals surface area contributed by atoms with Crippen molar-refractivity contribution in [2.75, 3.05) is 0 Å². The average molecular weight is 395 g/mol. The maximum atomic E-state index is 12.9. The molecule has 29 heavy (non-hydrogen) atoms. The van der Waals surface area contributed by atoms with Crippen LogP contribution in [-0.4, -0.2) is 10.4 Å². The standard InChI is InChI=1S/C23H18F3N2O/c24-23(25,26)20-8-4-7-18(13-20)22(29)16-28-12-9-19-15-27(11-10-21(19)28)14-17-5-2-1-3-6-17/h1-13,15H,14,16H2/q+1. The summed E-state index contributed by atoms with van der Waals surface area (Å²) in [5, 5.41) is 0.959. The summed E-state index contributed by atoms with van der Waals surface area (Å²) in [4.78, 5) is 12.5. The largest absolute Gasteiger partial charge is 0.416 e. The van der Waals surface area contributed by atoms with Crippen LogP contribution < -0.4 is 4.57 Å². The lowest BCUT2D eigenvalue weighted by atomic mass is 10.1. The van der Waals surface area contributed by atoms with Crippen molar-refractivity contribution in [3.8, 4) is 0 Å². The third-order valence-electron chi connectivity index (χ3n) is 4.80. The molecule has 0 saturated heterocycles. The topological polar surface area (TPSA) is 25.9 Å². The number of carbonyl (C=O) groups is 1. The van der Waals surface area contributed by atoms with Crippen LogP contribution in [0.25, 0.3) is 10.9 Å². The van der Waals surface area contributed by atoms with E-state index in [1.807, 2.05) is 42.7 Å². The molecule has 2 aromatic heterocycles. The van der Waals surface area contributed by atoms with Crippen LogP contribution in [0.15, 0.2) is 85.3 Å². The summed E-state index contributed by atoms with van der Waals surface area (Å²) < 4.78 is 42.5. The number of hydrogen-bond acceptors (Lipinski definition) is 1. The van der Waals surface area contributed by atoms with Crippen molar-refractivity contribution >= 4 is 16.7 Å². The second-order valence-electron chi connectivity index (χ2n) is 6.89. The lowest BCUT2D eigenvalue weighted by Crippen LogP contribution is -2.33. The van der Waals surface area contributed by atoms with Crippen molar-refractivity contribution in [1.82, 2.24) is 4.57 Å². The van der Waals surface area contributed by atoms with Gasteiger partial charge in [-0.15, -0.1) is 0 Å². The highest BCUT2D eigenvalue weighted by molar-refractivity contribution is 5.97. The maximum absolute atomic E-state index is 12.9. The minimum Gasteiger partial charge on any atom is -0.339 e. The van der Waals surface area contributed by atoms with Gasteiger partial charge in [-0.3, -0.25) is 4.79 Å². The number of nitrogens with zero attached hydrogens (tertiary/aromatic N) is 2. The van der Waals surface area contributed by atoms with E-state index >= 15 is 0 Å². The molecular weight excluding hydrogens is 377 g/mol. The van der Waals surface area contributed by atoms with E-state index in [4.69, 9.17) is 0 Å². The quantitative estimate of drug-likeness (QED) is 0.349. The molecule has 0 radical (unpaired) electrons. The molecule has 2 aromatic carbocycles. The number of rotatable bonds is 5. The van der Waals surface area contributed by atoms with Crippen LogP contribution >= 0.6 is 0 Å². The van der Waals surface area contributed by atoms with Gasteiger partial charge in [-0.25, -0.2) is 4.57 Å². The Balaban J connectivity index is 1.55. The minimum atomic E-state index is -4.47. The van der Waals surface area contributed by atoms with Gasteiger partial charge in [0.2, 0.25) is 0 Å². The highest BCUT2D eigenvalue weighted by atomic mass is 19.4. The van der Waals surface area contributed by atoms with Crippen LogP contribution in [0.4, 0.5) is 13.2 Å². The molecule has 4 rings (SSSR count). The number of benzene rings is 2. The Bertz CT molecular complexity index is 1160. The van der Waals surface area contributed by atoms with Crippen LogP contribution in [0.3, 0.4) is 0 Å². The maximum Gasteiger partial charge on any atom is 0.416 e. The predicted molar refractivity (Wildman–Crippen MR) is 103 cm³/mol. The number of fused-ring (bicyclic) bond motifs is 1. The number of halogens is 3. The summed E-state index contributed by atoms with van der Waals surface area (Å²) in [5.74, 6) is -0.366. The number of carbonyl (C=O) groups excluding carboxylic acids is 1. The van der Waals surface area contributed by atoms with Gasteiger partial charge < -0.3 is 4.57 Å². The molecule has 3 nitrogen and oxygen atoms in total. The number of alkyl halides is 3. The van der Waals surface area contributed by atoms with Crippen molar-refractivity contribution in [2.45, 2.75) is 19.3 Å². The first-order chi connectivity index (χ1) is 13.9. The lowest BCUT2D eigenvalue weighted by molar-refractivity contribution is -0.687. The summed E-state index contributed by atoms with van der Waals surface area (Å²) >= 11 is 0. The van der Waals surface area contributed by atoms with E-state index in [-0.39, 0.29) is 17.9 Å². The van der Waals surface area contributed by atoms with Crippen molar-refractivity contribution < 1.29 is 22.5 Å². The van der Waals surface area contributed by atoms with Crippen molar-refractivity contribution in [1.29, 1.82) is 0 Å². The van der Waals surface area contributed by atoms with Gasteiger partial charge >= 0.3 is 6.18 Å². The first-order valence-electron chi connectivity index (χ1n) is 9.12. The van der Waals surface area contributed by atoms with E-state index in [2.05, 4.69) is 16.7 Å². The van der Waals surface area contributed by atoms with Gasteiger partial charge in [0, 0.05) is 23.4 Å². The summed E-state index contributed by atoms with van der Waals surface area (Å²) in [7, 11) is 0. The van der Waals surface area contributed by atoms with Crippen molar-refractivity contribution in [2.24, 2.45) is 0 Å². The van der Waals surface area contributed by atoms with Gasteiger partial charge in [-0.2, -0.15) is 13.2 Å². The zero-order valence-corrected chi connectivity index (χ0v) is 15.4. The first-order valence-corrected chi connectivity index (χ1v) is 9.12. The number of ketones is 1. The zero-order chi connectivity index (χ0) is 20.4. The molecule has 0 spiro atoms. The fourth-order valence-electron chi connectivity index (χ4n) is 3.34.